The molecule has 1 aliphatic heterocycles. The van der Waals surface area contributed by atoms with Crippen LogP contribution in [0.2, 0.25) is 0 Å². The van der Waals surface area contributed by atoms with E-state index in [9.17, 15) is 9.90 Å². The number of piperidine rings is 1. The van der Waals surface area contributed by atoms with Crippen LogP contribution in [0.4, 0.5) is 0 Å². The van der Waals surface area contributed by atoms with Gasteiger partial charge in [0.25, 0.3) is 0 Å². The molecular weight excluding hydrogens is 178 g/mol. The lowest BCUT2D eigenvalue weighted by atomic mass is 9.90. The van der Waals surface area contributed by atoms with Gasteiger partial charge in [0.05, 0.1) is 6.10 Å². The average Bonchev–Trinajstić information content (AvgIpc) is 3.00. The first kappa shape index (κ1) is 9.97. The first-order chi connectivity index (χ1) is 6.68. The molecule has 0 aromatic carbocycles. The molecule has 2 aliphatic rings. The van der Waals surface area contributed by atoms with Crippen LogP contribution in [-0.4, -0.2) is 35.1 Å². The minimum Gasteiger partial charge on any atom is -0.392 e. The van der Waals surface area contributed by atoms with Gasteiger partial charge in [0.2, 0.25) is 5.91 Å². The van der Waals surface area contributed by atoms with E-state index in [4.69, 9.17) is 0 Å². The van der Waals surface area contributed by atoms with Gasteiger partial charge in [0.15, 0.2) is 0 Å². The highest BCUT2D eigenvalue weighted by atomic mass is 16.3. The Morgan fingerprint density at radius 3 is 2.64 bits per heavy atom. The SMILES string of the molecule is CC(=O)N1CCCC(C(O)C2CC2)C1. The molecule has 1 aliphatic carbocycles. The molecule has 80 valence electrons. The van der Waals surface area contributed by atoms with Crippen LogP contribution in [0.3, 0.4) is 0 Å². The van der Waals surface area contributed by atoms with E-state index >= 15 is 0 Å². The van der Waals surface area contributed by atoms with Gasteiger partial charge >= 0.3 is 0 Å². The standard InChI is InChI=1S/C11H19NO2/c1-8(13)12-6-2-3-10(7-12)11(14)9-4-5-9/h9-11,14H,2-7H2,1H3. The Morgan fingerprint density at radius 1 is 1.36 bits per heavy atom. The summed E-state index contributed by atoms with van der Waals surface area (Å²) in [6.07, 6.45) is 4.34. The summed E-state index contributed by atoms with van der Waals surface area (Å²) in [6.45, 7) is 3.27. The van der Waals surface area contributed by atoms with Crippen LogP contribution in [-0.2, 0) is 4.79 Å². The summed E-state index contributed by atoms with van der Waals surface area (Å²) in [5, 5.41) is 9.98. The summed E-state index contributed by atoms with van der Waals surface area (Å²) < 4.78 is 0. The van der Waals surface area contributed by atoms with Gasteiger partial charge in [-0.05, 0) is 31.6 Å². The number of aliphatic hydroxyl groups excluding tert-OH is 1. The van der Waals surface area contributed by atoms with Crippen LogP contribution in [0.1, 0.15) is 32.6 Å². The number of amides is 1. The molecule has 0 spiro atoms. The van der Waals surface area contributed by atoms with Gasteiger partial charge in [0.1, 0.15) is 0 Å². The number of aliphatic hydroxyl groups is 1. The van der Waals surface area contributed by atoms with Crippen LogP contribution < -0.4 is 0 Å². The summed E-state index contributed by atoms with van der Waals surface area (Å²) in [5.74, 6) is 1.02. The molecule has 1 amide bonds. The molecule has 0 aromatic heterocycles. The molecule has 2 rings (SSSR count). The number of nitrogens with zero attached hydrogens (tertiary/aromatic N) is 1. The fourth-order valence-electron chi connectivity index (χ4n) is 2.40. The normalized spacial score (nSPS) is 30.1. The van der Waals surface area contributed by atoms with E-state index in [1.165, 1.54) is 12.8 Å². The molecule has 14 heavy (non-hydrogen) atoms. The number of likely N-dealkylation sites (tertiary alicyclic amines) is 1. The summed E-state index contributed by atoms with van der Waals surface area (Å²) in [6, 6.07) is 0. The largest absolute Gasteiger partial charge is 0.392 e. The molecule has 1 saturated carbocycles. The molecule has 2 fully saturated rings. The van der Waals surface area contributed by atoms with Gasteiger partial charge in [-0.25, -0.2) is 0 Å². The number of carbonyl (C=O) groups is 1. The highest BCUT2D eigenvalue weighted by Crippen LogP contribution is 2.38. The molecule has 1 heterocycles. The van der Waals surface area contributed by atoms with Gasteiger partial charge in [-0.15, -0.1) is 0 Å². The van der Waals surface area contributed by atoms with E-state index < -0.39 is 0 Å². The Bertz CT molecular complexity index is 225. The average molecular weight is 197 g/mol. The molecule has 3 nitrogen and oxygen atoms in total. The fraction of sp³-hybridized carbons (Fsp3) is 0.909. The molecular formula is C11H19NO2. The molecule has 0 radical (unpaired) electrons. The zero-order valence-electron chi connectivity index (χ0n) is 8.78. The maximum Gasteiger partial charge on any atom is 0.219 e. The van der Waals surface area contributed by atoms with Crippen molar-refractivity contribution in [3.8, 4) is 0 Å². The Morgan fingerprint density at radius 2 is 2.07 bits per heavy atom. The topological polar surface area (TPSA) is 40.5 Å². The van der Waals surface area contributed by atoms with Crippen molar-refractivity contribution < 1.29 is 9.90 Å². The highest BCUT2D eigenvalue weighted by Gasteiger charge is 2.37. The summed E-state index contributed by atoms with van der Waals surface area (Å²) in [5.41, 5.74) is 0. The molecule has 1 N–H and O–H groups in total. The third-order valence-electron chi connectivity index (χ3n) is 3.49. The minimum absolute atomic E-state index is 0.151. The van der Waals surface area contributed by atoms with Gasteiger partial charge in [0, 0.05) is 25.9 Å². The molecule has 0 bridgehead atoms. The predicted octanol–water partition coefficient (Wildman–Crippen LogP) is 1.02. The van der Waals surface area contributed by atoms with E-state index in [1.54, 1.807) is 6.92 Å². The van der Waals surface area contributed by atoms with Crippen molar-refractivity contribution in [3.63, 3.8) is 0 Å². The maximum atomic E-state index is 11.2. The van der Waals surface area contributed by atoms with Crippen molar-refractivity contribution >= 4 is 5.91 Å². The highest BCUT2D eigenvalue weighted by molar-refractivity contribution is 5.73. The first-order valence-electron chi connectivity index (χ1n) is 5.62. The number of hydrogen-bond acceptors (Lipinski definition) is 2. The van der Waals surface area contributed by atoms with Crippen LogP contribution in [0.15, 0.2) is 0 Å². The van der Waals surface area contributed by atoms with Crippen LogP contribution in [0, 0.1) is 11.8 Å². The van der Waals surface area contributed by atoms with Crippen LogP contribution >= 0.6 is 0 Å². The second-order valence-corrected chi connectivity index (χ2v) is 4.70. The quantitative estimate of drug-likeness (QED) is 0.718. The molecule has 2 unspecified atom stereocenters. The number of carbonyl (C=O) groups excluding carboxylic acids is 1. The lowest BCUT2D eigenvalue weighted by molar-refractivity contribution is -0.131. The summed E-state index contributed by atoms with van der Waals surface area (Å²) in [4.78, 5) is 13.1. The minimum atomic E-state index is -0.155. The van der Waals surface area contributed by atoms with Crippen molar-refractivity contribution in [2.45, 2.75) is 38.7 Å². The monoisotopic (exact) mass is 197 g/mol. The van der Waals surface area contributed by atoms with Gasteiger partial charge < -0.3 is 10.0 Å². The second kappa shape index (κ2) is 3.89. The molecule has 3 heteroatoms. The Kier molecular flexibility index (Phi) is 2.77. The van der Waals surface area contributed by atoms with Crippen LogP contribution in [0.5, 0.6) is 0 Å². The fourth-order valence-corrected chi connectivity index (χ4v) is 2.40. The van der Waals surface area contributed by atoms with E-state index in [-0.39, 0.29) is 12.0 Å². The molecule has 0 aromatic rings. The van der Waals surface area contributed by atoms with E-state index in [0.717, 1.165) is 25.9 Å². The summed E-state index contributed by atoms with van der Waals surface area (Å²) in [7, 11) is 0. The van der Waals surface area contributed by atoms with Crippen molar-refractivity contribution in [3.05, 3.63) is 0 Å². The van der Waals surface area contributed by atoms with Gasteiger partial charge in [-0.3, -0.25) is 4.79 Å². The van der Waals surface area contributed by atoms with Gasteiger partial charge in [-0.1, -0.05) is 0 Å². The lowest BCUT2D eigenvalue weighted by Crippen LogP contribution is -2.43. The van der Waals surface area contributed by atoms with Crippen molar-refractivity contribution in [2.24, 2.45) is 11.8 Å². The van der Waals surface area contributed by atoms with E-state index in [0.29, 0.717) is 11.8 Å². The third-order valence-corrected chi connectivity index (χ3v) is 3.49. The maximum absolute atomic E-state index is 11.2. The van der Waals surface area contributed by atoms with E-state index in [1.807, 2.05) is 4.90 Å². The van der Waals surface area contributed by atoms with E-state index in [2.05, 4.69) is 0 Å². The predicted molar refractivity (Wildman–Crippen MR) is 53.7 cm³/mol. The van der Waals surface area contributed by atoms with Gasteiger partial charge in [-0.2, -0.15) is 0 Å². The van der Waals surface area contributed by atoms with Crippen molar-refractivity contribution in [1.82, 2.24) is 4.90 Å². The zero-order chi connectivity index (χ0) is 10.1. The second-order valence-electron chi connectivity index (χ2n) is 4.70. The number of rotatable bonds is 2. The Hall–Kier alpha value is -0.570. The molecule has 1 saturated heterocycles. The zero-order valence-corrected chi connectivity index (χ0v) is 8.78. The van der Waals surface area contributed by atoms with Crippen LogP contribution in [0.25, 0.3) is 0 Å². The smallest absolute Gasteiger partial charge is 0.219 e. The first-order valence-corrected chi connectivity index (χ1v) is 5.62. The Labute approximate surface area is 85.1 Å². The number of hydrogen-bond donors (Lipinski definition) is 1. The summed E-state index contributed by atoms with van der Waals surface area (Å²) >= 11 is 0. The third kappa shape index (κ3) is 2.08. The van der Waals surface area contributed by atoms with Crippen molar-refractivity contribution in [1.29, 1.82) is 0 Å². The lowest BCUT2D eigenvalue weighted by Gasteiger charge is -2.34. The molecule has 2 atom stereocenters. The Balaban J connectivity index is 1.89. The van der Waals surface area contributed by atoms with Crippen molar-refractivity contribution in [2.75, 3.05) is 13.1 Å².